The van der Waals surface area contributed by atoms with Crippen LogP contribution in [0.1, 0.15) is 11.4 Å². The number of sulfonamides is 1. The SMILES string of the molecule is Cc1cc(S(=O)(=O)N2CCn3ccnc3C2)sc1Br. The third kappa shape index (κ3) is 2.26. The summed E-state index contributed by atoms with van der Waals surface area (Å²) in [5.41, 5.74) is 0.946. The molecule has 0 unspecified atom stereocenters. The maximum absolute atomic E-state index is 12.6. The van der Waals surface area contributed by atoms with Crippen molar-refractivity contribution in [3.05, 3.63) is 33.6 Å². The molecule has 1 aliphatic heterocycles. The summed E-state index contributed by atoms with van der Waals surface area (Å²) in [7, 11) is -3.42. The predicted octanol–water partition coefficient (Wildman–Crippen LogP) is 2.22. The van der Waals surface area contributed by atoms with Crippen molar-refractivity contribution in [1.82, 2.24) is 13.9 Å². The zero-order chi connectivity index (χ0) is 13.6. The number of imidazole rings is 1. The Bertz CT molecular complexity index is 701. The Labute approximate surface area is 124 Å². The third-order valence-electron chi connectivity index (χ3n) is 3.14. The molecule has 102 valence electrons. The number of hydrogen-bond donors (Lipinski definition) is 0. The van der Waals surface area contributed by atoms with Crippen LogP contribution in [0.4, 0.5) is 0 Å². The molecular formula is C11H12BrN3O2S2. The first-order valence-electron chi connectivity index (χ1n) is 5.74. The van der Waals surface area contributed by atoms with Crippen LogP contribution in [0.15, 0.2) is 26.5 Å². The maximum atomic E-state index is 12.6. The molecule has 0 saturated heterocycles. The van der Waals surface area contributed by atoms with Gasteiger partial charge in [0.25, 0.3) is 10.0 Å². The maximum Gasteiger partial charge on any atom is 0.253 e. The van der Waals surface area contributed by atoms with E-state index in [1.54, 1.807) is 12.3 Å². The second-order valence-electron chi connectivity index (χ2n) is 4.40. The van der Waals surface area contributed by atoms with Crippen LogP contribution in [-0.4, -0.2) is 28.8 Å². The molecule has 0 bridgehead atoms. The van der Waals surface area contributed by atoms with Gasteiger partial charge in [-0.25, -0.2) is 13.4 Å². The number of hydrogen-bond acceptors (Lipinski definition) is 4. The van der Waals surface area contributed by atoms with Crippen molar-refractivity contribution in [2.24, 2.45) is 0 Å². The first-order valence-corrected chi connectivity index (χ1v) is 8.79. The Morgan fingerprint density at radius 2 is 2.21 bits per heavy atom. The zero-order valence-electron chi connectivity index (χ0n) is 10.2. The lowest BCUT2D eigenvalue weighted by atomic mass is 10.4. The van der Waals surface area contributed by atoms with Gasteiger partial charge in [-0.2, -0.15) is 4.31 Å². The standard InChI is InChI=1S/C11H12BrN3O2S2/c1-8-6-10(18-11(8)12)19(16,17)15-5-4-14-3-2-13-9(14)7-15/h2-3,6H,4-5,7H2,1H3. The van der Waals surface area contributed by atoms with E-state index in [1.807, 2.05) is 17.7 Å². The van der Waals surface area contributed by atoms with Crippen LogP contribution in [0.25, 0.3) is 0 Å². The molecule has 0 atom stereocenters. The van der Waals surface area contributed by atoms with Crippen LogP contribution in [-0.2, 0) is 23.1 Å². The highest BCUT2D eigenvalue weighted by Crippen LogP contribution is 2.33. The molecule has 19 heavy (non-hydrogen) atoms. The highest BCUT2D eigenvalue weighted by Gasteiger charge is 2.30. The quantitative estimate of drug-likeness (QED) is 0.823. The van der Waals surface area contributed by atoms with Gasteiger partial charge < -0.3 is 4.57 Å². The fourth-order valence-corrected chi connectivity index (χ4v) is 5.81. The molecule has 0 aromatic carbocycles. The molecule has 0 fully saturated rings. The largest absolute Gasteiger partial charge is 0.333 e. The monoisotopic (exact) mass is 361 g/mol. The first kappa shape index (κ1) is 13.3. The van der Waals surface area contributed by atoms with E-state index in [-0.39, 0.29) is 0 Å². The lowest BCUT2D eigenvalue weighted by Crippen LogP contribution is -2.37. The molecule has 2 aromatic rings. The second kappa shape index (κ2) is 4.69. The van der Waals surface area contributed by atoms with Gasteiger partial charge in [0.1, 0.15) is 10.0 Å². The van der Waals surface area contributed by atoms with Crippen LogP contribution in [0, 0.1) is 6.92 Å². The summed E-state index contributed by atoms with van der Waals surface area (Å²) in [5, 5.41) is 0. The number of rotatable bonds is 2. The Hall–Kier alpha value is -0.700. The summed E-state index contributed by atoms with van der Waals surface area (Å²) in [4.78, 5) is 4.19. The number of fused-ring (bicyclic) bond motifs is 1. The number of nitrogens with zero attached hydrogens (tertiary/aromatic N) is 3. The van der Waals surface area contributed by atoms with Crippen molar-refractivity contribution in [3.63, 3.8) is 0 Å². The highest BCUT2D eigenvalue weighted by atomic mass is 79.9. The molecule has 0 amide bonds. The van der Waals surface area contributed by atoms with Gasteiger partial charge in [0.2, 0.25) is 0 Å². The molecule has 0 aliphatic carbocycles. The van der Waals surface area contributed by atoms with Gasteiger partial charge in [0.15, 0.2) is 0 Å². The van der Waals surface area contributed by atoms with Gasteiger partial charge in [0.05, 0.1) is 10.3 Å². The van der Waals surface area contributed by atoms with Crippen molar-refractivity contribution < 1.29 is 8.42 Å². The van der Waals surface area contributed by atoms with E-state index >= 15 is 0 Å². The zero-order valence-corrected chi connectivity index (χ0v) is 13.4. The van der Waals surface area contributed by atoms with Crippen molar-refractivity contribution in [2.75, 3.05) is 6.54 Å². The molecule has 2 aromatic heterocycles. The average Bonchev–Trinajstić information content (AvgIpc) is 2.96. The van der Waals surface area contributed by atoms with E-state index in [9.17, 15) is 8.42 Å². The summed E-state index contributed by atoms with van der Waals surface area (Å²) in [5.74, 6) is 0.794. The van der Waals surface area contributed by atoms with Crippen LogP contribution in [0.5, 0.6) is 0 Å². The minimum Gasteiger partial charge on any atom is -0.333 e. The summed E-state index contributed by atoms with van der Waals surface area (Å²) >= 11 is 4.63. The van der Waals surface area contributed by atoms with Crippen LogP contribution in [0.2, 0.25) is 0 Å². The number of halogens is 1. The Morgan fingerprint density at radius 1 is 1.42 bits per heavy atom. The molecule has 3 rings (SSSR count). The topological polar surface area (TPSA) is 55.2 Å². The Morgan fingerprint density at radius 3 is 2.89 bits per heavy atom. The third-order valence-corrected chi connectivity index (χ3v) is 7.57. The molecule has 0 N–H and O–H groups in total. The van der Waals surface area contributed by atoms with Crippen molar-refractivity contribution in [3.8, 4) is 0 Å². The normalized spacial score (nSPS) is 16.5. The van der Waals surface area contributed by atoms with Crippen molar-refractivity contribution in [2.45, 2.75) is 24.2 Å². The smallest absolute Gasteiger partial charge is 0.253 e. The lowest BCUT2D eigenvalue weighted by molar-refractivity contribution is 0.336. The van der Waals surface area contributed by atoms with E-state index in [0.717, 1.165) is 15.2 Å². The van der Waals surface area contributed by atoms with Crippen LogP contribution >= 0.6 is 27.3 Å². The van der Waals surface area contributed by atoms with Crippen LogP contribution < -0.4 is 0 Å². The minimum absolute atomic E-state index is 0.337. The minimum atomic E-state index is -3.42. The van der Waals surface area contributed by atoms with E-state index in [0.29, 0.717) is 23.8 Å². The first-order chi connectivity index (χ1) is 8.98. The van der Waals surface area contributed by atoms with Gasteiger partial charge in [-0.05, 0) is 34.5 Å². The van der Waals surface area contributed by atoms with Crippen molar-refractivity contribution >= 4 is 37.3 Å². The van der Waals surface area contributed by atoms with Gasteiger partial charge >= 0.3 is 0 Å². The number of thiophene rings is 1. The summed E-state index contributed by atoms with van der Waals surface area (Å²) in [6.07, 6.45) is 3.59. The average molecular weight is 362 g/mol. The second-order valence-corrected chi connectivity index (χ2v) is 8.93. The molecular weight excluding hydrogens is 350 g/mol. The Balaban J connectivity index is 1.94. The van der Waals surface area contributed by atoms with Gasteiger partial charge in [-0.3, -0.25) is 0 Å². The molecule has 0 saturated carbocycles. The number of aryl methyl sites for hydroxylation is 1. The highest BCUT2D eigenvalue weighted by molar-refractivity contribution is 9.11. The molecule has 8 heteroatoms. The molecule has 1 aliphatic rings. The van der Waals surface area contributed by atoms with Crippen LogP contribution in [0.3, 0.4) is 0 Å². The summed E-state index contributed by atoms with van der Waals surface area (Å²) in [6, 6.07) is 1.71. The van der Waals surface area contributed by atoms with Gasteiger partial charge in [0, 0.05) is 25.5 Å². The van der Waals surface area contributed by atoms with E-state index < -0.39 is 10.0 Å². The van der Waals surface area contributed by atoms with Gasteiger partial charge in [-0.1, -0.05) is 0 Å². The predicted molar refractivity (Wildman–Crippen MR) is 76.6 cm³/mol. The summed E-state index contributed by atoms with van der Waals surface area (Å²) in [6.45, 7) is 3.37. The number of aromatic nitrogens is 2. The molecule has 5 nitrogen and oxygen atoms in total. The van der Waals surface area contributed by atoms with E-state index in [2.05, 4.69) is 20.9 Å². The van der Waals surface area contributed by atoms with E-state index in [4.69, 9.17) is 0 Å². The van der Waals surface area contributed by atoms with Gasteiger partial charge in [-0.15, -0.1) is 11.3 Å². The Kier molecular flexibility index (Phi) is 3.28. The van der Waals surface area contributed by atoms with Crippen molar-refractivity contribution in [1.29, 1.82) is 0 Å². The molecule has 0 spiro atoms. The lowest BCUT2D eigenvalue weighted by Gasteiger charge is -2.26. The summed E-state index contributed by atoms with van der Waals surface area (Å²) < 4.78 is 29.9. The fourth-order valence-electron chi connectivity index (χ4n) is 2.04. The molecule has 0 radical (unpaired) electrons. The molecule has 3 heterocycles. The fraction of sp³-hybridized carbons (Fsp3) is 0.364. The van der Waals surface area contributed by atoms with E-state index in [1.165, 1.54) is 15.6 Å².